The van der Waals surface area contributed by atoms with Crippen LogP contribution in [0.5, 0.6) is 0 Å². The van der Waals surface area contributed by atoms with Gasteiger partial charge in [-0.05, 0) is 43.8 Å². The van der Waals surface area contributed by atoms with Gasteiger partial charge in [0.05, 0.1) is 0 Å². The number of nitrogens with zero attached hydrogens (tertiary/aromatic N) is 1. The summed E-state index contributed by atoms with van der Waals surface area (Å²) < 4.78 is 0. The summed E-state index contributed by atoms with van der Waals surface area (Å²) in [6.45, 7) is 5.05. The lowest BCUT2D eigenvalue weighted by Gasteiger charge is -2.48. The maximum Gasteiger partial charge on any atom is 0.0167 e. The standard InChI is InChI=1S/C17H25N/c1-2-14-11-13-18-12-7-6-10-16(18)17(14)15-8-4-3-5-9-15/h3-5,8-9,14,16-17H,2,6-7,10-13H2,1H3/t14-,16+,17+/m0/s1. The summed E-state index contributed by atoms with van der Waals surface area (Å²) in [7, 11) is 0. The zero-order valence-corrected chi connectivity index (χ0v) is 11.5. The summed E-state index contributed by atoms with van der Waals surface area (Å²) in [5.41, 5.74) is 1.58. The average molecular weight is 243 g/mol. The van der Waals surface area contributed by atoms with Gasteiger partial charge in [0.1, 0.15) is 0 Å². The van der Waals surface area contributed by atoms with Crippen LogP contribution >= 0.6 is 0 Å². The van der Waals surface area contributed by atoms with E-state index in [1.165, 1.54) is 45.2 Å². The maximum atomic E-state index is 2.77. The first-order valence-corrected chi connectivity index (χ1v) is 7.69. The van der Waals surface area contributed by atoms with E-state index in [1.54, 1.807) is 5.56 Å². The highest BCUT2D eigenvalue weighted by Crippen LogP contribution is 2.42. The maximum absolute atomic E-state index is 2.77. The predicted octanol–water partition coefficient (Wildman–Crippen LogP) is 4.05. The SMILES string of the molecule is CC[C@H]1CCN2CCCC[C@@H]2[C@H]1c1ccccc1. The molecule has 1 heteroatoms. The second-order valence-electron chi connectivity index (χ2n) is 5.99. The molecule has 3 atom stereocenters. The molecule has 2 aliphatic rings. The van der Waals surface area contributed by atoms with Crippen LogP contribution < -0.4 is 0 Å². The molecular weight excluding hydrogens is 218 g/mol. The van der Waals surface area contributed by atoms with Gasteiger partial charge in [0, 0.05) is 12.0 Å². The highest BCUT2D eigenvalue weighted by molar-refractivity contribution is 5.23. The number of fused-ring (bicyclic) bond motifs is 1. The number of hydrogen-bond acceptors (Lipinski definition) is 1. The molecule has 0 amide bonds. The van der Waals surface area contributed by atoms with Crippen LogP contribution in [0.2, 0.25) is 0 Å². The molecule has 3 rings (SSSR count). The Labute approximate surface area is 111 Å². The third-order valence-electron chi connectivity index (χ3n) is 5.08. The third-order valence-corrected chi connectivity index (χ3v) is 5.08. The van der Waals surface area contributed by atoms with Gasteiger partial charge in [-0.3, -0.25) is 4.90 Å². The van der Waals surface area contributed by atoms with E-state index >= 15 is 0 Å². The van der Waals surface area contributed by atoms with Gasteiger partial charge in [-0.25, -0.2) is 0 Å². The molecule has 1 nitrogen and oxygen atoms in total. The van der Waals surface area contributed by atoms with Gasteiger partial charge >= 0.3 is 0 Å². The zero-order chi connectivity index (χ0) is 12.4. The second-order valence-corrected chi connectivity index (χ2v) is 5.99. The fourth-order valence-electron chi connectivity index (χ4n) is 4.15. The molecule has 98 valence electrons. The second kappa shape index (κ2) is 5.44. The summed E-state index contributed by atoms with van der Waals surface area (Å²) in [6, 6.07) is 12.1. The number of rotatable bonds is 2. The summed E-state index contributed by atoms with van der Waals surface area (Å²) in [6.07, 6.45) is 6.99. The first-order valence-electron chi connectivity index (χ1n) is 7.69. The average Bonchev–Trinajstić information content (AvgIpc) is 2.47. The van der Waals surface area contributed by atoms with Gasteiger partial charge in [-0.1, -0.05) is 50.1 Å². The quantitative estimate of drug-likeness (QED) is 0.757. The summed E-state index contributed by atoms with van der Waals surface area (Å²) in [5, 5.41) is 0. The van der Waals surface area contributed by atoms with E-state index in [1.807, 2.05) is 0 Å². The van der Waals surface area contributed by atoms with Crippen molar-refractivity contribution in [2.75, 3.05) is 13.1 Å². The lowest BCUT2D eigenvalue weighted by molar-refractivity contribution is 0.0547. The molecule has 0 saturated carbocycles. The van der Waals surface area contributed by atoms with E-state index < -0.39 is 0 Å². The van der Waals surface area contributed by atoms with Gasteiger partial charge in [-0.15, -0.1) is 0 Å². The fraction of sp³-hybridized carbons (Fsp3) is 0.647. The van der Waals surface area contributed by atoms with Crippen LogP contribution in [0.4, 0.5) is 0 Å². The van der Waals surface area contributed by atoms with Crippen LogP contribution in [0.3, 0.4) is 0 Å². The molecule has 2 fully saturated rings. The molecule has 2 aliphatic heterocycles. The minimum atomic E-state index is 0.783. The molecule has 0 unspecified atom stereocenters. The van der Waals surface area contributed by atoms with E-state index in [4.69, 9.17) is 0 Å². The van der Waals surface area contributed by atoms with E-state index in [0.29, 0.717) is 0 Å². The molecule has 2 saturated heterocycles. The Balaban J connectivity index is 1.90. The van der Waals surface area contributed by atoms with Crippen LogP contribution in [0, 0.1) is 5.92 Å². The lowest BCUT2D eigenvalue weighted by atomic mass is 9.72. The Morgan fingerprint density at radius 3 is 2.67 bits per heavy atom. The van der Waals surface area contributed by atoms with Crippen molar-refractivity contribution < 1.29 is 0 Å². The predicted molar refractivity (Wildman–Crippen MR) is 76.8 cm³/mol. The minimum Gasteiger partial charge on any atom is -0.300 e. The Hall–Kier alpha value is -0.820. The van der Waals surface area contributed by atoms with E-state index in [9.17, 15) is 0 Å². The van der Waals surface area contributed by atoms with E-state index in [2.05, 4.69) is 42.2 Å². The van der Waals surface area contributed by atoms with E-state index in [0.717, 1.165) is 17.9 Å². The number of hydrogen-bond donors (Lipinski definition) is 0. The van der Waals surface area contributed by atoms with Crippen molar-refractivity contribution >= 4 is 0 Å². The van der Waals surface area contributed by atoms with E-state index in [-0.39, 0.29) is 0 Å². The van der Waals surface area contributed by atoms with Crippen molar-refractivity contribution in [1.82, 2.24) is 4.90 Å². The molecule has 1 aromatic carbocycles. The van der Waals surface area contributed by atoms with Gasteiger partial charge in [-0.2, -0.15) is 0 Å². The Bertz CT molecular complexity index is 372. The van der Waals surface area contributed by atoms with Crippen molar-refractivity contribution in [3.8, 4) is 0 Å². The molecule has 0 aromatic heterocycles. The molecule has 0 radical (unpaired) electrons. The molecule has 0 aliphatic carbocycles. The van der Waals surface area contributed by atoms with Crippen molar-refractivity contribution in [3.63, 3.8) is 0 Å². The van der Waals surface area contributed by atoms with Gasteiger partial charge in [0.25, 0.3) is 0 Å². The van der Waals surface area contributed by atoms with Crippen LogP contribution in [0.1, 0.15) is 50.5 Å². The molecule has 0 bridgehead atoms. The highest BCUT2D eigenvalue weighted by Gasteiger charge is 2.38. The molecule has 0 spiro atoms. The topological polar surface area (TPSA) is 3.24 Å². The van der Waals surface area contributed by atoms with Crippen LogP contribution in [-0.4, -0.2) is 24.0 Å². The molecule has 2 heterocycles. The Morgan fingerprint density at radius 1 is 1.06 bits per heavy atom. The molecule has 0 N–H and O–H groups in total. The monoisotopic (exact) mass is 243 g/mol. The Morgan fingerprint density at radius 2 is 1.89 bits per heavy atom. The van der Waals surface area contributed by atoms with Crippen molar-refractivity contribution in [2.24, 2.45) is 5.92 Å². The third kappa shape index (κ3) is 2.21. The first kappa shape index (κ1) is 12.2. The normalized spacial score (nSPS) is 33.1. The summed E-state index contributed by atoms with van der Waals surface area (Å²) in [5.74, 6) is 1.68. The largest absolute Gasteiger partial charge is 0.300 e. The molecular formula is C17H25N. The van der Waals surface area contributed by atoms with Crippen molar-refractivity contribution in [3.05, 3.63) is 35.9 Å². The van der Waals surface area contributed by atoms with Crippen LogP contribution in [0.25, 0.3) is 0 Å². The number of piperidine rings is 2. The summed E-state index contributed by atoms with van der Waals surface area (Å²) in [4.78, 5) is 2.77. The van der Waals surface area contributed by atoms with Gasteiger partial charge in [0.2, 0.25) is 0 Å². The molecule has 1 aromatic rings. The summed E-state index contributed by atoms with van der Waals surface area (Å²) >= 11 is 0. The Kier molecular flexibility index (Phi) is 3.69. The highest BCUT2D eigenvalue weighted by atomic mass is 15.2. The van der Waals surface area contributed by atoms with Crippen LogP contribution in [0.15, 0.2) is 30.3 Å². The fourth-order valence-corrected chi connectivity index (χ4v) is 4.15. The zero-order valence-electron chi connectivity index (χ0n) is 11.5. The minimum absolute atomic E-state index is 0.783. The van der Waals surface area contributed by atoms with Gasteiger partial charge in [0.15, 0.2) is 0 Å². The van der Waals surface area contributed by atoms with Gasteiger partial charge < -0.3 is 0 Å². The van der Waals surface area contributed by atoms with Crippen molar-refractivity contribution in [2.45, 2.75) is 51.0 Å². The lowest BCUT2D eigenvalue weighted by Crippen LogP contribution is -2.50. The number of benzene rings is 1. The first-order chi connectivity index (χ1) is 8.90. The molecule has 18 heavy (non-hydrogen) atoms. The smallest absolute Gasteiger partial charge is 0.0167 e. The van der Waals surface area contributed by atoms with Crippen LogP contribution in [-0.2, 0) is 0 Å². The van der Waals surface area contributed by atoms with Crippen molar-refractivity contribution in [1.29, 1.82) is 0 Å².